The summed E-state index contributed by atoms with van der Waals surface area (Å²) in [6.07, 6.45) is 0. The molecule has 0 rings (SSSR count). The molecule has 0 saturated heterocycles. The second-order valence-corrected chi connectivity index (χ2v) is 0.346. The lowest BCUT2D eigenvalue weighted by Crippen LogP contribution is -2.07. The number of rotatable bonds is 0. The predicted molar refractivity (Wildman–Crippen MR) is 27.1 cm³/mol. The normalized spacial score (nSPS) is 3.86. The molecule has 44 valence electrons. The molecule has 7 heavy (non-hydrogen) atoms. The van der Waals surface area contributed by atoms with Gasteiger partial charge in [0.05, 0.1) is 0 Å². The average Bonchev–Trinajstić information content (AvgIpc) is 0.811. The van der Waals surface area contributed by atoms with Gasteiger partial charge in [-0.25, -0.2) is 0 Å². The number of hydrogen-bond donors (Lipinski definition) is 3. The Morgan fingerprint density at radius 3 is 1.00 bits per heavy atom. The monoisotopic (exact) mass is 126 g/mol. The van der Waals surface area contributed by atoms with Gasteiger partial charge in [0.25, 0.3) is 0 Å². The van der Waals surface area contributed by atoms with Crippen LogP contribution in [0.4, 0.5) is 4.70 Å². The molecule has 0 radical (unpaired) electrons. The van der Waals surface area contributed by atoms with Crippen LogP contribution in [-0.2, 0) is 0 Å². The Balaban J connectivity index is -0.0000000150. The first-order valence-electron chi connectivity index (χ1n) is 0.775. The Morgan fingerprint density at radius 1 is 1.00 bits per heavy atom. The van der Waals surface area contributed by atoms with Gasteiger partial charge in [0.15, 0.2) is 0 Å². The summed E-state index contributed by atoms with van der Waals surface area (Å²) < 4.78 is 0. The summed E-state index contributed by atoms with van der Waals surface area (Å²) in [7, 11) is -2.17. The van der Waals surface area contributed by atoms with Crippen LogP contribution in [0.15, 0.2) is 0 Å². The summed E-state index contributed by atoms with van der Waals surface area (Å²) in [5.41, 5.74) is 0. The van der Waals surface area contributed by atoms with Crippen LogP contribution in [0, 0.1) is 0 Å². The third kappa shape index (κ3) is 387. The van der Waals surface area contributed by atoms with Crippen LogP contribution in [-0.4, -0.2) is 50.9 Å². The predicted octanol–water partition coefficient (Wildman–Crippen LogP) is -3.64. The van der Waals surface area contributed by atoms with Gasteiger partial charge >= 0.3 is 30.4 Å². The van der Waals surface area contributed by atoms with Crippen LogP contribution in [0.3, 0.4) is 0 Å². The molecule has 0 atom stereocenters. The first kappa shape index (κ1) is 25.5. The highest BCUT2D eigenvalue weighted by atomic mass is 24.3. The molecule has 0 saturated carbocycles. The molecule has 0 aliphatic heterocycles. The van der Waals surface area contributed by atoms with E-state index in [1.54, 1.807) is 0 Å². The van der Waals surface area contributed by atoms with E-state index in [0.717, 1.165) is 0 Å². The Hall–Kier alpha value is 0.601. The van der Waals surface area contributed by atoms with Gasteiger partial charge in [0.1, 0.15) is 0 Å². The van der Waals surface area contributed by atoms with Crippen molar-refractivity contribution in [3.05, 3.63) is 0 Å². The fourth-order valence-corrected chi connectivity index (χ4v) is 0. The summed E-state index contributed by atoms with van der Waals surface area (Å²) in [5.74, 6) is 0. The third-order valence-electron chi connectivity index (χ3n) is 0. The molecule has 0 aromatic rings. The summed E-state index contributed by atoms with van der Waals surface area (Å²) >= 11 is 0. The van der Waals surface area contributed by atoms with Gasteiger partial charge in [0.2, 0.25) is 0 Å². The second kappa shape index (κ2) is 16.0. The van der Waals surface area contributed by atoms with E-state index in [1.165, 1.54) is 0 Å². The van der Waals surface area contributed by atoms with Crippen LogP contribution in [0.25, 0.3) is 0 Å². The van der Waals surface area contributed by atoms with E-state index in [0.29, 0.717) is 0 Å². The van der Waals surface area contributed by atoms with E-state index in [-0.39, 0.29) is 33.2 Å². The molecule has 0 aliphatic rings. The molecule has 0 bridgehead atoms. The molecular formula is H8BFMgO4. The van der Waals surface area contributed by atoms with E-state index in [9.17, 15) is 0 Å². The first-order chi connectivity index (χ1) is 1.73. The van der Waals surface area contributed by atoms with Crippen molar-refractivity contribution in [1.29, 1.82) is 0 Å². The van der Waals surface area contributed by atoms with Gasteiger partial charge in [0, 0.05) is 0 Å². The van der Waals surface area contributed by atoms with Crippen molar-refractivity contribution in [1.82, 2.24) is 0 Å². The van der Waals surface area contributed by atoms with Crippen molar-refractivity contribution in [3.8, 4) is 0 Å². The molecule has 0 fully saturated rings. The minimum Gasteiger partial charge on any atom is -0.412 e. The van der Waals surface area contributed by atoms with Gasteiger partial charge in [-0.05, 0) is 0 Å². The molecule has 0 spiro atoms. The average molecular weight is 126 g/mol. The summed E-state index contributed by atoms with van der Waals surface area (Å²) in [6.45, 7) is 0. The van der Waals surface area contributed by atoms with E-state index in [4.69, 9.17) is 15.1 Å². The molecule has 5 N–H and O–H groups in total. The van der Waals surface area contributed by atoms with Crippen LogP contribution < -0.4 is 0 Å². The highest BCUT2D eigenvalue weighted by molar-refractivity contribution is 6.30. The molecule has 0 heterocycles. The Labute approximate surface area is 56.2 Å². The van der Waals surface area contributed by atoms with Gasteiger partial charge in [-0.3, -0.25) is 4.70 Å². The molecule has 4 nitrogen and oxygen atoms in total. The maximum Gasteiger partial charge on any atom is 0.631 e. The van der Waals surface area contributed by atoms with Gasteiger partial charge < -0.3 is 20.5 Å². The fraction of sp³-hybridized carbons (Fsp3) is 0. The second-order valence-electron chi connectivity index (χ2n) is 0.346. The Kier molecular flexibility index (Phi) is 58.3. The highest BCUT2D eigenvalue weighted by Crippen LogP contribution is 1.40. The van der Waals surface area contributed by atoms with E-state index in [1.807, 2.05) is 0 Å². The zero-order valence-electron chi connectivity index (χ0n) is 2.83. The van der Waals surface area contributed by atoms with Crippen molar-refractivity contribution in [3.63, 3.8) is 0 Å². The van der Waals surface area contributed by atoms with E-state index in [2.05, 4.69) is 0 Å². The van der Waals surface area contributed by atoms with Crippen LogP contribution in [0.1, 0.15) is 0 Å². The summed E-state index contributed by atoms with van der Waals surface area (Å²) in [6, 6.07) is 0. The first-order valence-corrected chi connectivity index (χ1v) is 0.775. The van der Waals surface area contributed by atoms with Gasteiger partial charge in [-0.15, -0.1) is 0 Å². The summed E-state index contributed by atoms with van der Waals surface area (Å²) in [4.78, 5) is 0. The van der Waals surface area contributed by atoms with Crippen LogP contribution in [0.5, 0.6) is 0 Å². The fourth-order valence-electron chi connectivity index (χ4n) is 0. The molecule has 0 aliphatic carbocycles. The van der Waals surface area contributed by atoms with Crippen LogP contribution >= 0.6 is 0 Å². The Bertz CT molecular complexity index is 16.4. The van der Waals surface area contributed by atoms with Gasteiger partial charge in [-0.2, -0.15) is 0 Å². The molecule has 0 amide bonds. The maximum absolute atomic E-state index is 7.17. The molecular weight excluding hydrogens is 118 g/mol. The molecule has 7 heteroatoms. The standard InChI is InChI=1S/BH3O3.FH.Mg.H2O.2H/c2-1(3)4;;;;;/h2-4H;1H;;1H2;;. The Morgan fingerprint density at radius 2 is 1.00 bits per heavy atom. The van der Waals surface area contributed by atoms with E-state index < -0.39 is 7.32 Å². The third-order valence-corrected chi connectivity index (χ3v) is 0. The largest absolute Gasteiger partial charge is 0.631 e. The van der Waals surface area contributed by atoms with Crippen LogP contribution in [0.2, 0.25) is 0 Å². The van der Waals surface area contributed by atoms with Crippen molar-refractivity contribution in [2.45, 2.75) is 0 Å². The minimum atomic E-state index is -2.17. The van der Waals surface area contributed by atoms with Crippen molar-refractivity contribution < 1.29 is 25.3 Å². The highest BCUT2D eigenvalue weighted by Gasteiger charge is 1.92. The maximum atomic E-state index is 7.17. The van der Waals surface area contributed by atoms with Crippen molar-refractivity contribution >= 4 is 30.4 Å². The van der Waals surface area contributed by atoms with Crippen molar-refractivity contribution in [2.75, 3.05) is 0 Å². The zero-order chi connectivity index (χ0) is 3.58. The van der Waals surface area contributed by atoms with Crippen molar-refractivity contribution in [2.24, 2.45) is 0 Å². The number of hydrogen-bond acceptors (Lipinski definition) is 3. The molecule has 0 aromatic carbocycles. The van der Waals surface area contributed by atoms with E-state index >= 15 is 0 Å². The molecule has 0 unspecified atom stereocenters. The SMILES string of the molecule is F.O.OB(O)O.[MgH2]. The smallest absolute Gasteiger partial charge is 0.412 e. The van der Waals surface area contributed by atoms with Gasteiger partial charge in [-0.1, -0.05) is 0 Å². The lowest BCUT2D eigenvalue weighted by Gasteiger charge is -1.69. The minimum absolute atomic E-state index is 0. The quantitative estimate of drug-likeness (QED) is 0.292. The lowest BCUT2D eigenvalue weighted by molar-refractivity contribution is 0.278. The topological polar surface area (TPSA) is 92.2 Å². The summed E-state index contributed by atoms with van der Waals surface area (Å²) in [5, 5.41) is 21.5. The zero-order valence-corrected chi connectivity index (χ0v) is 2.83. The number of halogens is 1. The molecule has 0 aromatic heterocycles. The lowest BCUT2D eigenvalue weighted by atomic mass is 10.3.